The first-order chi connectivity index (χ1) is 12.4. The number of carbonyl (C=O) groups excluding carboxylic acids is 1. The number of hydrogen-bond acceptors (Lipinski definition) is 4. The van der Waals surface area contributed by atoms with Crippen LogP contribution in [0.4, 0.5) is 5.69 Å². The van der Waals surface area contributed by atoms with Gasteiger partial charge in [-0.25, -0.2) is 0 Å². The Hall–Kier alpha value is -2.05. The number of thiocarbonyl (C=S) groups is 1. The lowest BCUT2D eigenvalue weighted by molar-refractivity contribution is -0.115. The molecule has 1 amide bonds. The second-order valence-corrected chi connectivity index (χ2v) is 7.92. The third-order valence-corrected chi connectivity index (χ3v) is 5.80. The van der Waals surface area contributed by atoms with Crippen LogP contribution in [0.2, 0.25) is 0 Å². The predicted octanol–water partition coefficient (Wildman–Crippen LogP) is 4.43. The van der Waals surface area contributed by atoms with Gasteiger partial charge in [0.2, 0.25) is 0 Å². The summed E-state index contributed by atoms with van der Waals surface area (Å²) in [6.45, 7) is 10.5. The molecule has 1 N–H and O–H groups in total. The van der Waals surface area contributed by atoms with Crippen LogP contribution < -0.4 is 10.2 Å². The maximum atomic E-state index is 11.9. The lowest BCUT2D eigenvalue weighted by Crippen LogP contribution is -2.21. The quantitative estimate of drug-likeness (QED) is 0.610. The van der Waals surface area contributed by atoms with E-state index < -0.39 is 0 Å². The van der Waals surface area contributed by atoms with E-state index in [2.05, 4.69) is 72.8 Å². The Morgan fingerprint density at radius 3 is 2.38 bits per heavy atom. The molecular formula is C20H23N3OS2. The van der Waals surface area contributed by atoms with Crippen LogP contribution in [0, 0.1) is 13.8 Å². The summed E-state index contributed by atoms with van der Waals surface area (Å²) in [6.07, 6.45) is 1.92. The molecule has 1 aromatic heterocycles. The number of hydrogen-bond donors (Lipinski definition) is 1. The van der Waals surface area contributed by atoms with Gasteiger partial charge < -0.3 is 14.8 Å². The molecule has 2 aromatic rings. The molecule has 0 radical (unpaired) electrons. The Bertz CT molecular complexity index is 877. The van der Waals surface area contributed by atoms with E-state index in [9.17, 15) is 4.79 Å². The summed E-state index contributed by atoms with van der Waals surface area (Å²) < 4.78 is 2.73. The fraction of sp³-hybridized carbons (Fsp3) is 0.300. The molecule has 0 atom stereocenters. The molecule has 0 bridgehead atoms. The van der Waals surface area contributed by atoms with Gasteiger partial charge in [-0.2, -0.15) is 0 Å². The molecule has 1 aliphatic heterocycles. The van der Waals surface area contributed by atoms with E-state index >= 15 is 0 Å². The van der Waals surface area contributed by atoms with Gasteiger partial charge in [-0.1, -0.05) is 24.0 Å². The fourth-order valence-corrected chi connectivity index (χ4v) is 4.33. The molecule has 6 heteroatoms. The van der Waals surface area contributed by atoms with Crippen molar-refractivity contribution in [1.29, 1.82) is 0 Å². The van der Waals surface area contributed by atoms with Crippen LogP contribution in [0.5, 0.6) is 0 Å². The van der Waals surface area contributed by atoms with Crippen LogP contribution in [0.1, 0.15) is 30.8 Å². The molecule has 0 saturated carbocycles. The highest BCUT2D eigenvalue weighted by Gasteiger charge is 2.23. The van der Waals surface area contributed by atoms with Gasteiger partial charge in [0, 0.05) is 35.9 Å². The van der Waals surface area contributed by atoms with E-state index in [4.69, 9.17) is 12.2 Å². The fourth-order valence-electron chi connectivity index (χ4n) is 3.29. The molecular weight excluding hydrogens is 362 g/mol. The van der Waals surface area contributed by atoms with E-state index in [0.717, 1.165) is 35.7 Å². The van der Waals surface area contributed by atoms with Gasteiger partial charge in [0.15, 0.2) is 0 Å². The van der Waals surface area contributed by atoms with Crippen LogP contribution in [0.3, 0.4) is 0 Å². The Morgan fingerprint density at radius 1 is 1.19 bits per heavy atom. The van der Waals surface area contributed by atoms with E-state index in [1.165, 1.54) is 17.4 Å². The van der Waals surface area contributed by atoms with Gasteiger partial charge in [0.1, 0.15) is 4.32 Å². The molecule has 1 aromatic carbocycles. The Kier molecular flexibility index (Phi) is 5.53. The average molecular weight is 386 g/mol. The summed E-state index contributed by atoms with van der Waals surface area (Å²) in [7, 11) is 0. The van der Waals surface area contributed by atoms with Crippen molar-refractivity contribution in [3.63, 3.8) is 0 Å². The maximum Gasteiger partial charge on any atom is 0.263 e. The minimum atomic E-state index is -0.117. The van der Waals surface area contributed by atoms with Crippen molar-refractivity contribution < 1.29 is 4.79 Å². The monoisotopic (exact) mass is 385 g/mol. The zero-order valence-electron chi connectivity index (χ0n) is 15.5. The predicted molar refractivity (Wildman–Crippen MR) is 115 cm³/mol. The molecule has 4 nitrogen and oxygen atoms in total. The third-order valence-electron chi connectivity index (χ3n) is 4.64. The van der Waals surface area contributed by atoms with Crippen LogP contribution in [0.15, 0.2) is 35.2 Å². The molecule has 0 unspecified atom stereocenters. The summed E-state index contributed by atoms with van der Waals surface area (Å²) in [5.74, 6) is -0.117. The number of anilines is 1. The van der Waals surface area contributed by atoms with Gasteiger partial charge in [-0.3, -0.25) is 4.79 Å². The molecule has 1 saturated heterocycles. The highest BCUT2D eigenvalue weighted by molar-refractivity contribution is 8.26. The molecule has 26 heavy (non-hydrogen) atoms. The van der Waals surface area contributed by atoms with Crippen LogP contribution in [-0.4, -0.2) is 27.9 Å². The number of nitrogens with one attached hydrogen (secondary N) is 1. The number of aryl methyl sites for hydroxylation is 1. The van der Waals surface area contributed by atoms with E-state index in [-0.39, 0.29) is 5.91 Å². The second kappa shape index (κ2) is 7.68. The van der Waals surface area contributed by atoms with Crippen molar-refractivity contribution in [2.75, 3.05) is 18.0 Å². The Labute approximate surface area is 164 Å². The summed E-state index contributed by atoms with van der Waals surface area (Å²) in [6, 6.07) is 10.7. The number of amides is 1. The van der Waals surface area contributed by atoms with Crippen LogP contribution >= 0.6 is 24.0 Å². The number of carbonyl (C=O) groups is 1. The minimum Gasteiger partial charge on any atom is -0.372 e. The highest BCUT2D eigenvalue weighted by Crippen LogP contribution is 2.29. The summed E-state index contributed by atoms with van der Waals surface area (Å²) >= 11 is 6.38. The molecule has 2 heterocycles. The molecule has 0 spiro atoms. The molecule has 136 valence electrons. The summed E-state index contributed by atoms with van der Waals surface area (Å²) in [5, 5.41) is 2.66. The molecule has 1 fully saturated rings. The van der Waals surface area contributed by atoms with Gasteiger partial charge in [0.05, 0.1) is 4.91 Å². The lowest BCUT2D eigenvalue weighted by Gasteiger charge is -2.21. The van der Waals surface area contributed by atoms with Crippen LogP contribution in [-0.2, 0) is 4.79 Å². The molecule has 1 aliphatic rings. The molecule has 0 aliphatic carbocycles. The van der Waals surface area contributed by atoms with E-state index in [1.807, 2.05) is 6.08 Å². The zero-order chi connectivity index (χ0) is 18.8. The second-order valence-electron chi connectivity index (χ2n) is 6.20. The maximum absolute atomic E-state index is 11.9. The third kappa shape index (κ3) is 3.57. The van der Waals surface area contributed by atoms with Crippen LogP contribution in [0.25, 0.3) is 11.8 Å². The number of aromatic nitrogens is 1. The highest BCUT2D eigenvalue weighted by atomic mass is 32.2. The van der Waals surface area contributed by atoms with E-state index in [0.29, 0.717) is 9.23 Å². The number of benzene rings is 1. The number of thioether (sulfide) groups is 1. The summed E-state index contributed by atoms with van der Waals surface area (Å²) in [5.41, 5.74) is 5.64. The van der Waals surface area contributed by atoms with E-state index in [1.54, 1.807) is 0 Å². The molecule has 3 rings (SSSR count). The van der Waals surface area contributed by atoms with Crippen molar-refractivity contribution in [3.8, 4) is 5.69 Å². The zero-order valence-corrected chi connectivity index (χ0v) is 17.1. The average Bonchev–Trinajstić information content (AvgIpc) is 3.08. The standard InChI is InChI=1S/C20H23N3OS2/c1-5-22(6-2)16-7-9-17(10-8-16)23-13(3)11-15(14(23)4)12-18-19(24)21-20(25)26-18/h7-12H,5-6H2,1-4H3,(H,21,24,25)/b18-12-. The van der Waals surface area contributed by atoms with Crippen molar-refractivity contribution in [2.24, 2.45) is 0 Å². The van der Waals surface area contributed by atoms with Crippen molar-refractivity contribution >= 4 is 46.0 Å². The first-order valence-corrected chi connectivity index (χ1v) is 9.96. The Morgan fingerprint density at radius 2 is 1.85 bits per heavy atom. The number of nitrogens with zero attached hydrogens (tertiary/aromatic N) is 2. The topological polar surface area (TPSA) is 37.3 Å². The van der Waals surface area contributed by atoms with Gasteiger partial charge in [-0.15, -0.1) is 0 Å². The largest absolute Gasteiger partial charge is 0.372 e. The lowest BCUT2D eigenvalue weighted by atomic mass is 10.2. The summed E-state index contributed by atoms with van der Waals surface area (Å²) in [4.78, 5) is 14.9. The first kappa shape index (κ1) is 18.7. The SMILES string of the molecule is CCN(CC)c1ccc(-n2c(C)cc(/C=C3\SC(=S)NC3=O)c2C)cc1. The van der Waals surface area contributed by atoms with Crippen molar-refractivity contribution in [3.05, 3.63) is 52.2 Å². The normalized spacial score (nSPS) is 15.6. The van der Waals surface area contributed by atoms with Gasteiger partial charge in [-0.05, 0) is 69.7 Å². The van der Waals surface area contributed by atoms with Gasteiger partial charge >= 0.3 is 0 Å². The van der Waals surface area contributed by atoms with Crippen molar-refractivity contribution in [1.82, 2.24) is 9.88 Å². The smallest absolute Gasteiger partial charge is 0.263 e. The minimum absolute atomic E-state index is 0.117. The Balaban J connectivity index is 1.95. The van der Waals surface area contributed by atoms with Crippen molar-refractivity contribution in [2.45, 2.75) is 27.7 Å². The van der Waals surface area contributed by atoms with Gasteiger partial charge in [0.25, 0.3) is 5.91 Å². The first-order valence-electron chi connectivity index (χ1n) is 8.73. The number of rotatable bonds is 5.